The quantitative estimate of drug-likeness (QED) is 0.688. The zero-order chi connectivity index (χ0) is 17.8. The summed E-state index contributed by atoms with van der Waals surface area (Å²) < 4.78 is 6.55. The molecule has 0 radical (unpaired) electrons. The molecular weight excluding hydrogens is 306 g/mol. The van der Waals surface area contributed by atoms with Crippen molar-refractivity contribution < 1.29 is 0 Å². The van der Waals surface area contributed by atoms with E-state index in [4.69, 9.17) is 0 Å². The van der Waals surface area contributed by atoms with E-state index in [9.17, 15) is 9.59 Å². The van der Waals surface area contributed by atoms with Crippen LogP contribution in [0.1, 0.15) is 38.9 Å². The van der Waals surface area contributed by atoms with Crippen LogP contribution >= 0.6 is 0 Å². The predicted molar refractivity (Wildman–Crippen MR) is 94.7 cm³/mol. The second kappa shape index (κ2) is 5.51. The van der Waals surface area contributed by atoms with Crippen molar-refractivity contribution in [3.63, 3.8) is 0 Å². The molecule has 3 heterocycles. The largest absolute Gasteiger partial charge is 0.332 e. The van der Waals surface area contributed by atoms with Gasteiger partial charge in [0.25, 0.3) is 5.56 Å². The Kier molecular flexibility index (Phi) is 3.74. The number of rotatable bonds is 4. The summed E-state index contributed by atoms with van der Waals surface area (Å²) in [5.41, 5.74) is 1.93. The van der Waals surface area contributed by atoms with E-state index in [1.165, 1.54) is 9.13 Å². The lowest BCUT2D eigenvalue weighted by Crippen LogP contribution is -2.39. The van der Waals surface area contributed by atoms with Gasteiger partial charge in [-0.15, -0.1) is 0 Å². The summed E-state index contributed by atoms with van der Waals surface area (Å²) in [4.78, 5) is 30.0. The fraction of sp³-hybridized carbons (Fsp3) is 0.471. The van der Waals surface area contributed by atoms with Crippen molar-refractivity contribution in [2.24, 2.45) is 7.05 Å². The molecule has 3 aromatic rings. The van der Waals surface area contributed by atoms with E-state index in [2.05, 4.69) is 30.0 Å². The van der Waals surface area contributed by atoms with E-state index in [0.29, 0.717) is 16.9 Å². The topological polar surface area (TPSA) is 66.2 Å². The van der Waals surface area contributed by atoms with Crippen molar-refractivity contribution in [2.45, 2.75) is 46.7 Å². The summed E-state index contributed by atoms with van der Waals surface area (Å²) in [5.74, 6) is 0.692. The van der Waals surface area contributed by atoms with E-state index < -0.39 is 0 Å². The first kappa shape index (κ1) is 16.3. The third-order valence-corrected chi connectivity index (χ3v) is 4.53. The van der Waals surface area contributed by atoms with Crippen LogP contribution in [0.4, 0.5) is 0 Å². The predicted octanol–water partition coefficient (Wildman–Crippen LogP) is 2.00. The van der Waals surface area contributed by atoms with Gasteiger partial charge in [-0.05, 0) is 27.2 Å². The highest BCUT2D eigenvalue weighted by Crippen LogP contribution is 2.22. The Hall–Kier alpha value is -2.57. The van der Waals surface area contributed by atoms with Gasteiger partial charge in [-0.2, -0.15) is 4.98 Å². The second-order valence-electron chi connectivity index (χ2n) is 6.54. The van der Waals surface area contributed by atoms with E-state index in [0.717, 1.165) is 17.7 Å². The standard InChI is InChI=1S/C17H23N5O2/c1-7-11(4)22-12(5)9-20-13-14(18-16(20)22)19(6)17(24)21(15(13)23)8-10(2)3/h9,11H,2,7-8H2,1,3-6H3/t11-/m0/s1. The maximum atomic E-state index is 12.9. The van der Waals surface area contributed by atoms with Gasteiger partial charge in [-0.25, -0.2) is 4.79 Å². The minimum Gasteiger partial charge on any atom is -0.311 e. The fourth-order valence-corrected chi connectivity index (χ4v) is 3.16. The van der Waals surface area contributed by atoms with Crippen LogP contribution < -0.4 is 11.2 Å². The molecule has 3 aromatic heterocycles. The fourth-order valence-electron chi connectivity index (χ4n) is 3.16. The average molecular weight is 329 g/mol. The molecule has 0 aliphatic heterocycles. The number of allylic oxidation sites excluding steroid dienone is 1. The van der Waals surface area contributed by atoms with E-state index in [-0.39, 0.29) is 23.8 Å². The molecule has 24 heavy (non-hydrogen) atoms. The molecule has 0 aromatic carbocycles. The molecule has 0 saturated carbocycles. The normalized spacial score (nSPS) is 13.0. The minimum atomic E-state index is -0.372. The molecule has 0 aliphatic rings. The lowest BCUT2D eigenvalue weighted by molar-refractivity contribution is 0.532. The molecule has 7 nitrogen and oxygen atoms in total. The second-order valence-corrected chi connectivity index (χ2v) is 6.54. The summed E-state index contributed by atoms with van der Waals surface area (Å²) in [6.07, 6.45) is 2.86. The van der Waals surface area contributed by atoms with Gasteiger partial charge in [0.15, 0.2) is 11.2 Å². The molecule has 1 atom stereocenters. The molecule has 0 bridgehead atoms. The van der Waals surface area contributed by atoms with Crippen LogP contribution in [0.15, 0.2) is 27.9 Å². The van der Waals surface area contributed by atoms with E-state index in [1.807, 2.05) is 13.1 Å². The van der Waals surface area contributed by atoms with Crippen molar-refractivity contribution in [1.29, 1.82) is 0 Å². The number of imidazole rings is 2. The molecule has 128 valence electrons. The number of aromatic nitrogens is 5. The average Bonchev–Trinajstić information content (AvgIpc) is 3.03. The first-order chi connectivity index (χ1) is 11.3. The Bertz CT molecular complexity index is 1080. The van der Waals surface area contributed by atoms with Gasteiger partial charge in [0.05, 0.1) is 6.54 Å². The summed E-state index contributed by atoms with van der Waals surface area (Å²) >= 11 is 0. The number of aryl methyl sites for hydroxylation is 2. The summed E-state index contributed by atoms with van der Waals surface area (Å²) in [7, 11) is 1.64. The highest BCUT2D eigenvalue weighted by atomic mass is 16.2. The Morgan fingerprint density at radius 1 is 1.38 bits per heavy atom. The summed E-state index contributed by atoms with van der Waals surface area (Å²) in [6.45, 7) is 12.0. The molecular formula is C17H23N5O2. The Labute approximate surface area is 139 Å². The monoisotopic (exact) mass is 329 g/mol. The zero-order valence-corrected chi connectivity index (χ0v) is 14.8. The Balaban J connectivity index is 2.48. The lowest BCUT2D eigenvalue weighted by Gasteiger charge is -2.12. The SMILES string of the molecule is C=C(C)Cn1c(=O)c2c(nc3n([C@@H](C)CC)c(C)cn23)n(C)c1=O. The molecule has 0 N–H and O–H groups in total. The third-order valence-electron chi connectivity index (χ3n) is 4.53. The van der Waals surface area contributed by atoms with Crippen LogP contribution in [0.3, 0.4) is 0 Å². The van der Waals surface area contributed by atoms with Gasteiger partial charge in [0, 0.05) is 25.0 Å². The van der Waals surface area contributed by atoms with Gasteiger partial charge >= 0.3 is 5.69 Å². The Morgan fingerprint density at radius 3 is 2.62 bits per heavy atom. The van der Waals surface area contributed by atoms with Gasteiger partial charge in [0.1, 0.15) is 0 Å². The van der Waals surface area contributed by atoms with Gasteiger partial charge in [0.2, 0.25) is 5.78 Å². The Morgan fingerprint density at radius 2 is 2.04 bits per heavy atom. The number of hydrogen-bond donors (Lipinski definition) is 0. The van der Waals surface area contributed by atoms with Crippen LogP contribution in [-0.4, -0.2) is 23.1 Å². The van der Waals surface area contributed by atoms with Gasteiger partial charge in [-0.1, -0.05) is 19.1 Å². The highest BCUT2D eigenvalue weighted by molar-refractivity contribution is 5.75. The highest BCUT2D eigenvalue weighted by Gasteiger charge is 2.21. The smallest absolute Gasteiger partial charge is 0.311 e. The molecule has 0 amide bonds. The van der Waals surface area contributed by atoms with Crippen LogP contribution in [-0.2, 0) is 13.6 Å². The molecule has 7 heteroatoms. The van der Waals surface area contributed by atoms with Crippen molar-refractivity contribution in [2.75, 3.05) is 0 Å². The van der Waals surface area contributed by atoms with Gasteiger partial charge in [-0.3, -0.25) is 18.3 Å². The van der Waals surface area contributed by atoms with Crippen LogP contribution in [0.25, 0.3) is 16.9 Å². The lowest BCUT2D eigenvalue weighted by atomic mass is 10.2. The molecule has 0 saturated heterocycles. The van der Waals surface area contributed by atoms with Crippen LogP contribution in [0, 0.1) is 6.92 Å². The van der Waals surface area contributed by atoms with Crippen LogP contribution in [0.2, 0.25) is 0 Å². The molecule has 3 rings (SSSR count). The number of fused-ring (bicyclic) bond motifs is 3. The first-order valence-electron chi connectivity index (χ1n) is 8.11. The number of hydrogen-bond acceptors (Lipinski definition) is 3. The van der Waals surface area contributed by atoms with E-state index in [1.54, 1.807) is 18.4 Å². The minimum absolute atomic E-state index is 0.208. The molecule has 0 spiro atoms. The van der Waals surface area contributed by atoms with Gasteiger partial charge < -0.3 is 4.57 Å². The molecule has 0 fully saturated rings. The molecule has 0 aliphatic carbocycles. The van der Waals surface area contributed by atoms with Crippen molar-refractivity contribution in [3.8, 4) is 0 Å². The van der Waals surface area contributed by atoms with Crippen molar-refractivity contribution in [3.05, 3.63) is 44.9 Å². The summed E-state index contributed by atoms with van der Waals surface area (Å²) in [6, 6.07) is 0.258. The zero-order valence-electron chi connectivity index (χ0n) is 14.8. The van der Waals surface area contributed by atoms with Crippen molar-refractivity contribution in [1.82, 2.24) is 23.1 Å². The van der Waals surface area contributed by atoms with Crippen LogP contribution in [0.5, 0.6) is 0 Å². The summed E-state index contributed by atoms with van der Waals surface area (Å²) in [5, 5.41) is 0. The maximum Gasteiger partial charge on any atom is 0.332 e. The van der Waals surface area contributed by atoms with Crippen molar-refractivity contribution >= 4 is 16.9 Å². The maximum absolute atomic E-state index is 12.9. The first-order valence-corrected chi connectivity index (χ1v) is 8.11. The van der Waals surface area contributed by atoms with E-state index >= 15 is 0 Å². The third kappa shape index (κ3) is 2.15. The molecule has 0 unspecified atom stereocenters. The number of nitrogens with zero attached hydrogens (tertiary/aromatic N) is 5.